The summed E-state index contributed by atoms with van der Waals surface area (Å²) in [4.78, 5) is 50.9. The van der Waals surface area contributed by atoms with Crippen LogP contribution in [0.25, 0.3) is 0 Å². The maximum Gasteiger partial charge on any atom is 0.346 e. The van der Waals surface area contributed by atoms with Crippen molar-refractivity contribution in [3.8, 4) is 0 Å². The number of hydrogen-bond donors (Lipinski definition) is 2. The second-order valence-corrected chi connectivity index (χ2v) is 12.5. The molecule has 4 bridgehead atoms. The lowest BCUT2D eigenvalue weighted by atomic mass is 9.52. The van der Waals surface area contributed by atoms with E-state index in [1.165, 1.54) is 13.2 Å². The fourth-order valence-electron chi connectivity index (χ4n) is 7.78. The lowest BCUT2D eigenvalue weighted by Gasteiger charge is -2.64. The first-order valence-electron chi connectivity index (χ1n) is 15.1. The predicted molar refractivity (Wildman–Crippen MR) is 149 cm³/mol. The van der Waals surface area contributed by atoms with Crippen molar-refractivity contribution in [3.05, 3.63) is 47.3 Å². The Labute approximate surface area is 254 Å². The van der Waals surface area contributed by atoms with Gasteiger partial charge in [-0.15, -0.1) is 0 Å². The highest BCUT2D eigenvalue weighted by Crippen LogP contribution is 2.59. The van der Waals surface area contributed by atoms with Crippen molar-refractivity contribution in [2.45, 2.75) is 81.8 Å². The van der Waals surface area contributed by atoms with E-state index in [-0.39, 0.29) is 72.6 Å². The number of esters is 3. The zero-order valence-corrected chi connectivity index (χ0v) is 24.9. The van der Waals surface area contributed by atoms with Crippen LogP contribution in [0.4, 0.5) is 0 Å². The second kappa shape index (κ2) is 12.0. The van der Waals surface area contributed by atoms with Crippen molar-refractivity contribution in [3.63, 3.8) is 0 Å². The number of fused-ring (bicyclic) bond motifs is 2. The van der Waals surface area contributed by atoms with E-state index in [9.17, 15) is 29.4 Å². The largest absolute Gasteiger partial charge is 0.498 e. The van der Waals surface area contributed by atoms with Gasteiger partial charge in [-0.25, -0.2) is 14.4 Å². The molecule has 238 valence electrons. The number of Topliss-reactive ketones (excluding diaryl/α,β-unsaturated/α-hetero) is 1. The average molecular weight is 615 g/mol. The molecule has 1 spiro atoms. The number of methoxy groups -OCH3 is 1. The molecule has 44 heavy (non-hydrogen) atoms. The van der Waals surface area contributed by atoms with Gasteiger partial charge in [-0.2, -0.15) is 0 Å². The Hall–Kier alpha value is -3.16. The first kappa shape index (κ1) is 30.8. The number of hydrogen-bond acceptors (Lipinski definition) is 12. The number of aliphatic hydroxyl groups excluding tert-OH is 2. The summed E-state index contributed by atoms with van der Waals surface area (Å²) in [6.07, 6.45) is 3.29. The molecule has 1 saturated carbocycles. The molecule has 11 atom stereocenters. The molecule has 5 aliphatic heterocycles. The van der Waals surface area contributed by atoms with E-state index >= 15 is 0 Å². The lowest BCUT2D eigenvalue weighted by molar-refractivity contribution is -0.276. The van der Waals surface area contributed by atoms with Crippen LogP contribution >= 0.6 is 0 Å². The molecule has 0 aromatic rings. The minimum absolute atomic E-state index is 0.0355. The summed E-state index contributed by atoms with van der Waals surface area (Å²) < 4.78 is 34.6. The summed E-state index contributed by atoms with van der Waals surface area (Å²) in [7, 11) is 1.40. The van der Waals surface area contributed by atoms with Gasteiger partial charge in [0, 0.05) is 31.3 Å². The van der Waals surface area contributed by atoms with Gasteiger partial charge in [0.25, 0.3) is 0 Å². The average Bonchev–Trinajstić information content (AvgIpc) is 3.26. The Morgan fingerprint density at radius 1 is 1.05 bits per heavy atom. The van der Waals surface area contributed by atoms with Gasteiger partial charge in [0.1, 0.15) is 31.0 Å². The van der Waals surface area contributed by atoms with E-state index in [0.717, 1.165) is 18.3 Å². The van der Waals surface area contributed by atoms with E-state index in [1.807, 2.05) is 19.9 Å². The summed E-state index contributed by atoms with van der Waals surface area (Å²) >= 11 is 0. The Morgan fingerprint density at radius 2 is 1.84 bits per heavy atom. The number of aliphatic hydroxyl groups is 2. The first-order valence-corrected chi connectivity index (χ1v) is 15.1. The van der Waals surface area contributed by atoms with Crippen LogP contribution in [0.3, 0.4) is 0 Å². The SMILES string of the molecule is COC1C[C@H]2C=CC3C[C@H]4O[C@]2(/C(C)=C/C2OCC(=O)CCC5=C(/C=C/OCC(O)[C@H]2OC1=O)C(=O)OC5=O)C3[C@H](O)C4C. The molecule has 7 rings (SSSR count). The van der Waals surface area contributed by atoms with Crippen molar-refractivity contribution >= 4 is 23.7 Å². The van der Waals surface area contributed by atoms with E-state index in [0.29, 0.717) is 0 Å². The van der Waals surface area contributed by atoms with Gasteiger partial charge in [0.15, 0.2) is 18.0 Å². The summed E-state index contributed by atoms with van der Waals surface area (Å²) in [5, 5.41) is 22.8. The third kappa shape index (κ3) is 5.16. The molecule has 5 heterocycles. The quantitative estimate of drug-likeness (QED) is 0.247. The number of ether oxygens (including phenoxy) is 6. The number of rotatable bonds is 1. The van der Waals surface area contributed by atoms with Crippen molar-refractivity contribution in [2.24, 2.45) is 23.7 Å². The molecule has 0 aromatic heterocycles. The summed E-state index contributed by atoms with van der Waals surface area (Å²) in [6.45, 7) is 3.04. The van der Waals surface area contributed by atoms with Crippen molar-refractivity contribution in [1.29, 1.82) is 0 Å². The molecule has 0 radical (unpaired) electrons. The van der Waals surface area contributed by atoms with Crippen LogP contribution in [0.1, 0.15) is 39.5 Å². The topological polar surface area (TPSA) is 164 Å². The smallest absolute Gasteiger partial charge is 0.346 e. The Balaban J connectivity index is 1.39. The maximum absolute atomic E-state index is 13.5. The first-order chi connectivity index (χ1) is 21.0. The molecule has 6 unspecified atom stereocenters. The van der Waals surface area contributed by atoms with Crippen LogP contribution in [0.2, 0.25) is 0 Å². The Morgan fingerprint density at radius 3 is 2.59 bits per heavy atom. The highest BCUT2D eigenvalue weighted by atomic mass is 16.6. The summed E-state index contributed by atoms with van der Waals surface area (Å²) in [5.41, 5.74) is -0.243. The molecule has 2 N–H and O–H groups in total. The minimum atomic E-state index is -1.44. The minimum Gasteiger partial charge on any atom is -0.498 e. The van der Waals surface area contributed by atoms with Crippen LogP contribution in [0.5, 0.6) is 0 Å². The van der Waals surface area contributed by atoms with Gasteiger partial charge in [-0.3, -0.25) is 4.79 Å². The molecule has 2 aliphatic carbocycles. The van der Waals surface area contributed by atoms with Crippen LogP contribution in [0, 0.1) is 23.7 Å². The second-order valence-electron chi connectivity index (χ2n) is 12.5. The fourth-order valence-corrected chi connectivity index (χ4v) is 7.78. The summed E-state index contributed by atoms with van der Waals surface area (Å²) in [6, 6.07) is 0. The normalized spacial score (nSPS) is 44.6. The number of ketones is 1. The van der Waals surface area contributed by atoms with E-state index in [4.69, 9.17) is 28.4 Å². The molecule has 0 aromatic carbocycles. The number of allylic oxidation sites excluding steroid dienone is 1. The number of carbonyl (C=O) groups excluding carboxylic acids is 4. The van der Waals surface area contributed by atoms with Crippen LogP contribution in [-0.4, -0.2) is 96.5 Å². The van der Waals surface area contributed by atoms with Crippen LogP contribution in [0.15, 0.2) is 47.3 Å². The third-order valence-corrected chi connectivity index (χ3v) is 10.1. The van der Waals surface area contributed by atoms with Crippen molar-refractivity contribution < 1.29 is 57.8 Å². The Kier molecular flexibility index (Phi) is 8.40. The molecule has 7 aliphatic rings. The zero-order valence-electron chi connectivity index (χ0n) is 24.9. The van der Waals surface area contributed by atoms with Crippen LogP contribution < -0.4 is 0 Å². The van der Waals surface area contributed by atoms with Crippen molar-refractivity contribution in [2.75, 3.05) is 20.3 Å². The van der Waals surface area contributed by atoms with Gasteiger partial charge in [-0.05, 0) is 43.8 Å². The molecule has 3 fully saturated rings. The van der Waals surface area contributed by atoms with Gasteiger partial charge in [0.2, 0.25) is 0 Å². The fraction of sp³-hybridized carbons (Fsp3) is 0.625. The molecule has 12 heteroatoms. The predicted octanol–water partition coefficient (Wildman–Crippen LogP) is 1.24. The number of cyclic esters (lactones) is 2. The van der Waals surface area contributed by atoms with Crippen LogP contribution in [-0.2, 0) is 47.6 Å². The summed E-state index contributed by atoms with van der Waals surface area (Å²) in [5.74, 6) is -3.44. The van der Waals surface area contributed by atoms with E-state index in [2.05, 4.69) is 6.08 Å². The molecule has 2 saturated heterocycles. The standard InChI is InChI=1S/C32H38O12/c1-15-10-24-28(22(34)14-40-9-8-21-20(29(36)43-30(21)37)7-6-19(33)13-41-24)42-31(38)25(39-3)12-18-5-4-17-11-23-16(2)27(35)26(17)32(15,18)44-23/h4-5,8-10,16-18,22-28,34-35H,6-7,11-14H2,1-3H3/b9-8+,15-10+/t16?,17?,18-,22?,23-,24?,25?,26?,27-,28-,32+/m1/s1. The van der Waals surface area contributed by atoms with Gasteiger partial charge >= 0.3 is 17.9 Å². The zero-order chi connectivity index (χ0) is 31.3. The molecule has 12 nitrogen and oxygen atoms in total. The van der Waals surface area contributed by atoms with E-state index < -0.39 is 60.6 Å². The maximum atomic E-state index is 13.5. The molecular formula is C32H38O12. The molecular weight excluding hydrogens is 576 g/mol. The monoisotopic (exact) mass is 614 g/mol. The third-order valence-electron chi connectivity index (χ3n) is 10.1. The highest BCUT2D eigenvalue weighted by molar-refractivity contribution is 6.14. The van der Waals surface area contributed by atoms with Gasteiger partial charge < -0.3 is 38.6 Å². The molecule has 0 amide bonds. The van der Waals surface area contributed by atoms with Gasteiger partial charge in [-0.1, -0.05) is 25.2 Å². The Bertz CT molecular complexity index is 1340. The lowest BCUT2D eigenvalue weighted by Crippen LogP contribution is -2.69. The highest BCUT2D eigenvalue weighted by Gasteiger charge is 2.64. The van der Waals surface area contributed by atoms with Crippen molar-refractivity contribution in [1.82, 2.24) is 0 Å². The van der Waals surface area contributed by atoms with E-state index in [1.54, 1.807) is 6.08 Å². The van der Waals surface area contributed by atoms with Gasteiger partial charge in [0.05, 0.1) is 29.6 Å². The number of carbonyl (C=O) groups is 4.